The number of nitrogens with two attached hydrogens (primary N) is 1. The highest BCUT2D eigenvalue weighted by molar-refractivity contribution is 5.83. The van der Waals surface area contributed by atoms with Gasteiger partial charge in [0.05, 0.1) is 12.2 Å². The summed E-state index contributed by atoms with van der Waals surface area (Å²) in [6.07, 6.45) is 5.53. The monoisotopic (exact) mass is 345 g/mol. The van der Waals surface area contributed by atoms with Crippen molar-refractivity contribution >= 4 is 11.9 Å². The quantitative estimate of drug-likeness (QED) is 0.720. The zero-order valence-electron chi connectivity index (χ0n) is 14.1. The van der Waals surface area contributed by atoms with Gasteiger partial charge in [0, 0.05) is 30.0 Å². The molecule has 3 aliphatic rings. The molecular formula is C17H23N5O3. The number of primary amides is 1. The van der Waals surface area contributed by atoms with Crippen LogP contribution in [0.3, 0.4) is 0 Å². The minimum absolute atomic E-state index is 0.0115. The first-order chi connectivity index (χ1) is 12.0. The van der Waals surface area contributed by atoms with Crippen LogP contribution < -0.4 is 16.6 Å². The number of likely N-dealkylation sites (tertiary alicyclic amines) is 1. The van der Waals surface area contributed by atoms with E-state index in [9.17, 15) is 14.4 Å². The maximum Gasteiger partial charge on any atom is 0.312 e. The molecule has 25 heavy (non-hydrogen) atoms. The Bertz CT molecular complexity index is 785. The molecule has 4 rings (SSSR count). The van der Waals surface area contributed by atoms with Crippen molar-refractivity contribution in [3.8, 4) is 0 Å². The Hall–Kier alpha value is -2.38. The van der Waals surface area contributed by atoms with E-state index in [2.05, 4.69) is 10.3 Å². The number of hydrogen-bond acceptors (Lipinski definition) is 4. The molecule has 0 aromatic carbocycles. The van der Waals surface area contributed by atoms with Crippen molar-refractivity contribution in [1.82, 2.24) is 20.2 Å². The van der Waals surface area contributed by atoms with Crippen LogP contribution in [0.15, 0.2) is 4.79 Å². The van der Waals surface area contributed by atoms with Gasteiger partial charge in [-0.2, -0.15) is 0 Å². The van der Waals surface area contributed by atoms with E-state index in [4.69, 9.17) is 10.7 Å². The first kappa shape index (κ1) is 16.1. The molecule has 1 aliphatic heterocycles. The third-order valence-electron chi connectivity index (χ3n) is 5.70. The number of carbonyl (C=O) groups excluding carboxylic acids is 2. The highest BCUT2D eigenvalue weighted by atomic mass is 16.2. The Labute approximate surface area is 145 Å². The van der Waals surface area contributed by atoms with Crippen molar-refractivity contribution in [3.63, 3.8) is 0 Å². The van der Waals surface area contributed by atoms with Crippen LogP contribution in [0, 0.1) is 0 Å². The number of aromatic amines is 1. The van der Waals surface area contributed by atoms with Crippen molar-refractivity contribution in [2.75, 3.05) is 19.6 Å². The molecule has 1 aromatic heterocycles. The standard InChI is InChI=1S/C17H23N5O3/c18-16(25)19-8-12(23)22-7-1-5-17(9-22)6-4-11-13(17)20-14(10-2-3-10)21-15(11)24/h10H,1-9H2,(H3,18,19,25)(H,20,21,24). The van der Waals surface area contributed by atoms with E-state index in [-0.39, 0.29) is 23.4 Å². The molecule has 0 bridgehead atoms. The first-order valence-electron chi connectivity index (χ1n) is 8.93. The van der Waals surface area contributed by atoms with E-state index < -0.39 is 6.03 Å². The molecule has 3 amide bonds. The van der Waals surface area contributed by atoms with Crippen LogP contribution in [0.5, 0.6) is 0 Å². The SMILES string of the molecule is NC(=O)NCC(=O)N1CCCC2(CCc3c2nc(C2CC2)[nH]c3=O)C1. The summed E-state index contributed by atoms with van der Waals surface area (Å²) in [5.74, 6) is 1.05. The van der Waals surface area contributed by atoms with Crippen LogP contribution in [0.25, 0.3) is 0 Å². The van der Waals surface area contributed by atoms with Crippen LogP contribution in [0.2, 0.25) is 0 Å². The Morgan fingerprint density at radius 3 is 2.88 bits per heavy atom. The normalized spacial score (nSPS) is 25.0. The summed E-state index contributed by atoms with van der Waals surface area (Å²) in [5, 5.41) is 2.36. The van der Waals surface area contributed by atoms with Gasteiger partial charge in [-0.25, -0.2) is 9.78 Å². The zero-order valence-corrected chi connectivity index (χ0v) is 14.1. The number of fused-ring (bicyclic) bond motifs is 2. The fourth-order valence-electron chi connectivity index (χ4n) is 4.24. The number of carbonyl (C=O) groups is 2. The molecule has 8 heteroatoms. The van der Waals surface area contributed by atoms with Gasteiger partial charge in [-0.15, -0.1) is 0 Å². The minimum atomic E-state index is -0.700. The minimum Gasteiger partial charge on any atom is -0.352 e. The molecule has 2 heterocycles. The second-order valence-corrected chi connectivity index (χ2v) is 7.47. The highest BCUT2D eigenvalue weighted by Crippen LogP contribution is 2.44. The van der Waals surface area contributed by atoms with Crippen molar-refractivity contribution in [2.24, 2.45) is 5.73 Å². The zero-order chi connectivity index (χ0) is 17.6. The van der Waals surface area contributed by atoms with Gasteiger partial charge in [-0.05, 0) is 38.5 Å². The van der Waals surface area contributed by atoms with Crippen LogP contribution >= 0.6 is 0 Å². The van der Waals surface area contributed by atoms with Crippen molar-refractivity contribution < 1.29 is 9.59 Å². The van der Waals surface area contributed by atoms with Crippen molar-refractivity contribution in [1.29, 1.82) is 0 Å². The maximum absolute atomic E-state index is 12.4. The lowest BCUT2D eigenvalue weighted by atomic mass is 9.77. The number of nitrogens with one attached hydrogen (secondary N) is 2. The van der Waals surface area contributed by atoms with Crippen LogP contribution in [-0.4, -0.2) is 46.4 Å². The lowest BCUT2D eigenvalue weighted by molar-refractivity contribution is -0.132. The molecule has 1 spiro atoms. The molecule has 0 radical (unpaired) electrons. The van der Waals surface area contributed by atoms with Crippen molar-refractivity contribution in [2.45, 2.75) is 49.9 Å². The molecule has 8 nitrogen and oxygen atoms in total. The predicted octanol–water partition coefficient (Wildman–Crippen LogP) is 0.122. The number of nitrogens with zero attached hydrogens (tertiary/aromatic N) is 2. The third-order valence-corrected chi connectivity index (χ3v) is 5.70. The van der Waals surface area contributed by atoms with Gasteiger partial charge in [0.1, 0.15) is 5.82 Å². The van der Waals surface area contributed by atoms with E-state index >= 15 is 0 Å². The maximum atomic E-state index is 12.4. The molecule has 134 valence electrons. The lowest BCUT2D eigenvalue weighted by Crippen LogP contribution is -2.51. The van der Waals surface area contributed by atoms with Gasteiger partial charge in [-0.1, -0.05) is 0 Å². The molecule has 2 aliphatic carbocycles. The fourth-order valence-corrected chi connectivity index (χ4v) is 4.24. The molecule has 4 N–H and O–H groups in total. The summed E-state index contributed by atoms with van der Waals surface area (Å²) in [6.45, 7) is 1.13. The Morgan fingerprint density at radius 2 is 2.16 bits per heavy atom. The van der Waals surface area contributed by atoms with E-state index in [1.807, 2.05) is 0 Å². The molecular weight excluding hydrogens is 322 g/mol. The summed E-state index contributed by atoms with van der Waals surface area (Å²) in [5.41, 5.74) is 6.50. The number of H-pyrrole nitrogens is 1. The highest BCUT2D eigenvalue weighted by Gasteiger charge is 2.46. The van der Waals surface area contributed by atoms with Gasteiger partial charge in [0.25, 0.3) is 5.56 Å². The molecule has 1 atom stereocenters. The van der Waals surface area contributed by atoms with E-state index in [0.717, 1.165) is 49.2 Å². The number of rotatable bonds is 3. The van der Waals surface area contributed by atoms with Gasteiger partial charge in [-0.3, -0.25) is 9.59 Å². The second kappa shape index (κ2) is 5.86. The fraction of sp³-hybridized carbons (Fsp3) is 0.647. The Morgan fingerprint density at radius 1 is 1.36 bits per heavy atom. The number of piperidine rings is 1. The lowest BCUT2D eigenvalue weighted by Gasteiger charge is -2.40. The van der Waals surface area contributed by atoms with Crippen molar-refractivity contribution in [3.05, 3.63) is 27.4 Å². The summed E-state index contributed by atoms with van der Waals surface area (Å²) in [6, 6.07) is -0.700. The van der Waals surface area contributed by atoms with Crippen LogP contribution in [0.4, 0.5) is 4.79 Å². The summed E-state index contributed by atoms with van der Waals surface area (Å²) < 4.78 is 0. The van der Waals surface area contributed by atoms with Gasteiger partial charge in [0.15, 0.2) is 0 Å². The Balaban J connectivity index is 1.60. The van der Waals surface area contributed by atoms with Gasteiger partial charge >= 0.3 is 6.03 Å². The van der Waals surface area contributed by atoms with E-state index in [0.29, 0.717) is 25.4 Å². The molecule has 1 unspecified atom stereocenters. The number of amides is 3. The molecule has 1 saturated heterocycles. The number of urea groups is 1. The van der Waals surface area contributed by atoms with E-state index in [1.165, 1.54) is 0 Å². The molecule has 2 fully saturated rings. The van der Waals surface area contributed by atoms with Gasteiger partial charge < -0.3 is 20.9 Å². The topological polar surface area (TPSA) is 121 Å². The average Bonchev–Trinajstić information content (AvgIpc) is 3.38. The summed E-state index contributed by atoms with van der Waals surface area (Å²) >= 11 is 0. The van der Waals surface area contributed by atoms with Gasteiger partial charge in [0.2, 0.25) is 5.91 Å². The van der Waals surface area contributed by atoms with Crippen LogP contribution in [-0.2, 0) is 16.6 Å². The molecule has 1 saturated carbocycles. The largest absolute Gasteiger partial charge is 0.352 e. The van der Waals surface area contributed by atoms with Crippen LogP contribution in [0.1, 0.15) is 55.1 Å². The first-order valence-corrected chi connectivity index (χ1v) is 8.93. The number of aromatic nitrogens is 2. The Kier molecular flexibility index (Phi) is 3.77. The summed E-state index contributed by atoms with van der Waals surface area (Å²) in [7, 11) is 0. The average molecular weight is 345 g/mol. The second-order valence-electron chi connectivity index (χ2n) is 7.47. The molecule has 1 aromatic rings. The smallest absolute Gasteiger partial charge is 0.312 e. The van der Waals surface area contributed by atoms with E-state index in [1.54, 1.807) is 4.90 Å². The summed E-state index contributed by atoms with van der Waals surface area (Å²) in [4.78, 5) is 45.2. The predicted molar refractivity (Wildman–Crippen MR) is 90.2 cm³/mol. The third kappa shape index (κ3) is 2.89. The number of hydrogen-bond donors (Lipinski definition) is 3.